The van der Waals surface area contributed by atoms with Gasteiger partial charge in [0.05, 0.1) is 11.9 Å². The number of hydrogen-bond acceptors (Lipinski definition) is 4. The van der Waals surface area contributed by atoms with Crippen molar-refractivity contribution in [3.05, 3.63) is 65.5 Å². The number of rotatable bonds is 12. The molecule has 0 saturated heterocycles. The van der Waals surface area contributed by atoms with Crippen molar-refractivity contribution in [3.63, 3.8) is 0 Å². The molecule has 9 heteroatoms. The van der Waals surface area contributed by atoms with Gasteiger partial charge >= 0.3 is 0 Å². The van der Waals surface area contributed by atoms with Crippen LogP contribution in [-0.4, -0.2) is 50.5 Å². The van der Waals surface area contributed by atoms with Crippen molar-refractivity contribution in [1.29, 1.82) is 0 Å². The van der Waals surface area contributed by atoms with Crippen LogP contribution in [0.3, 0.4) is 0 Å². The quantitative estimate of drug-likeness (QED) is 0.491. The summed E-state index contributed by atoms with van der Waals surface area (Å²) < 4.78 is 40.2. The minimum atomic E-state index is -3.55. The first kappa shape index (κ1) is 27.3. The van der Waals surface area contributed by atoms with Gasteiger partial charge in [-0.3, -0.25) is 13.9 Å². The molecule has 0 radical (unpaired) electrons. The number of amides is 2. The second-order valence-electron chi connectivity index (χ2n) is 8.35. The third kappa shape index (κ3) is 7.83. The molecule has 2 aromatic carbocycles. The summed E-state index contributed by atoms with van der Waals surface area (Å²) in [4.78, 5) is 27.1. The molecule has 0 aliphatic carbocycles. The van der Waals surface area contributed by atoms with E-state index in [1.165, 1.54) is 15.3 Å². The number of carbonyl (C=O) groups is 2. The molecule has 0 aromatic heterocycles. The molecule has 0 unspecified atom stereocenters. The Kier molecular flexibility index (Phi) is 10.0. The third-order valence-corrected chi connectivity index (χ3v) is 6.68. The van der Waals surface area contributed by atoms with Gasteiger partial charge in [0.2, 0.25) is 21.8 Å². The molecule has 2 aromatic rings. The zero-order chi connectivity index (χ0) is 25.3. The molecule has 0 aliphatic rings. The zero-order valence-electron chi connectivity index (χ0n) is 20.3. The van der Waals surface area contributed by atoms with Crippen molar-refractivity contribution in [2.75, 3.05) is 23.7 Å². The first-order valence-electron chi connectivity index (χ1n) is 11.4. The van der Waals surface area contributed by atoms with E-state index in [-0.39, 0.29) is 37.7 Å². The van der Waals surface area contributed by atoms with E-state index >= 15 is 0 Å². The van der Waals surface area contributed by atoms with E-state index in [1.54, 1.807) is 37.3 Å². The smallest absolute Gasteiger partial charge is 0.242 e. The fourth-order valence-electron chi connectivity index (χ4n) is 3.50. The summed E-state index contributed by atoms with van der Waals surface area (Å²) in [7, 11) is -3.55. The maximum Gasteiger partial charge on any atom is 0.242 e. The van der Waals surface area contributed by atoms with Crippen molar-refractivity contribution >= 4 is 27.5 Å². The number of carbonyl (C=O) groups excluding carboxylic acids is 2. The minimum absolute atomic E-state index is 0.0116. The summed E-state index contributed by atoms with van der Waals surface area (Å²) in [6.07, 6.45) is 2.13. The number of halogens is 1. The third-order valence-electron chi connectivity index (χ3n) is 5.49. The molecule has 0 heterocycles. The molecule has 0 aliphatic heterocycles. The van der Waals surface area contributed by atoms with E-state index in [4.69, 9.17) is 0 Å². The van der Waals surface area contributed by atoms with E-state index < -0.39 is 21.9 Å². The molecule has 1 atom stereocenters. The molecule has 1 N–H and O–H groups in total. The number of anilines is 1. The molecule has 2 rings (SSSR count). The minimum Gasteiger partial charge on any atom is -0.354 e. The van der Waals surface area contributed by atoms with Crippen LogP contribution < -0.4 is 9.62 Å². The summed E-state index contributed by atoms with van der Waals surface area (Å²) in [5, 5.41) is 2.77. The fraction of sp³-hybridized carbons (Fsp3) is 0.440. The van der Waals surface area contributed by atoms with Crippen molar-refractivity contribution in [3.8, 4) is 0 Å². The summed E-state index contributed by atoms with van der Waals surface area (Å²) >= 11 is 0. The second kappa shape index (κ2) is 12.5. The standard InChI is InChI=1S/C25H34FN3O4S/c1-5-16-27-25(31)20(3)28(18-21-9-6-7-10-23(21)26)24(30)11-8-17-29(34(4,32)33)22-14-12-19(2)13-15-22/h6-7,9-10,12-15,20H,5,8,11,16-18H2,1-4H3,(H,27,31)/t20-/m1/s1. The van der Waals surface area contributed by atoms with Crippen LogP contribution >= 0.6 is 0 Å². The van der Waals surface area contributed by atoms with Gasteiger partial charge in [-0.2, -0.15) is 0 Å². The van der Waals surface area contributed by atoms with Crippen LogP contribution in [0.25, 0.3) is 0 Å². The number of nitrogens with one attached hydrogen (secondary N) is 1. The molecule has 2 amide bonds. The van der Waals surface area contributed by atoms with Crippen molar-refractivity contribution in [2.24, 2.45) is 0 Å². The largest absolute Gasteiger partial charge is 0.354 e. The van der Waals surface area contributed by atoms with E-state index in [9.17, 15) is 22.4 Å². The molecule has 0 fully saturated rings. The number of benzene rings is 2. The predicted molar refractivity (Wildman–Crippen MR) is 132 cm³/mol. The summed E-state index contributed by atoms with van der Waals surface area (Å²) in [6, 6.07) is 12.4. The highest BCUT2D eigenvalue weighted by Gasteiger charge is 2.27. The lowest BCUT2D eigenvalue weighted by Gasteiger charge is -2.29. The van der Waals surface area contributed by atoms with Gasteiger partial charge in [-0.05, 0) is 44.9 Å². The van der Waals surface area contributed by atoms with Crippen molar-refractivity contribution < 1.29 is 22.4 Å². The van der Waals surface area contributed by atoms with Gasteiger partial charge in [-0.1, -0.05) is 42.8 Å². The molecule has 7 nitrogen and oxygen atoms in total. The highest BCUT2D eigenvalue weighted by atomic mass is 32.2. The van der Waals surface area contributed by atoms with Crippen molar-refractivity contribution in [1.82, 2.24) is 10.2 Å². The Morgan fingerprint density at radius 1 is 1.09 bits per heavy atom. The average molecular weight is 492 g/mol. The molecule has 0 saturated carbocycles. The summed E-state index contributed by atoms with van der Waals surface area (Å²) in [6.45, 7) is 5.98. The van der Waals surface area contributed by atoms with Gasteiger partial charge in [-0.15, -0.1) is 0 Å². The van der Waals surface area contributed by atoms with E-state index in [2.05, 4.69) is 5.32 Å². The van der Waals surface area contributed by atoms with Crippen LogP contribution in [0.2, 0.25) is 0 Å². The number of hydrogen-bond donors (Lipinski definition) is 1. The van der Waals surface area contributed by atoms with Gasteiger partial charge in [-0.25, -0.2) is 12.8 Å². The Morgan fingerprint density at radius 3 is 2.32 bits per heavy atom. The number of nitrogens with zero attached hydrogens (tertiary/aromatic N) is 2. The van der Waals surface area contributed by atoms with E-state index in [0.29, 0.717) is 17.8 Å². The lowest BCUT2D eigenvalue weighted by atomic mass is 10.1. The highest BCUT2D eigenvalue weighted by molar-refractivity contribution is 7.92. The van der Waals surface area contributed by atoms with Crippen LogP contribution in [0, 0.1) is 12.7 Å². The van der Waals surface area contributed by atoms with Crippen LogP contribution in [0.4, 0.5) is 10.1 Å². The molecular formula is C25H34FN3O4S. The Hall–Kier alpha value is -2.94. The van der Waals surface area contributed by atoms with Gasteiger partial charge < -0.3 is 10.2 Å². The monoisotopic (exact) mass is 491 g/mol. The Morgan fingerprint density at radius 2 is 1.74 bits per heavy atom. The van der Waals surface area contributed by atoms with Crippen molar-refractivity contribution in [2.45, 2.75) is 52.6 Å². The molecular weight excluding hydrogens is 457 g/mol. The van der Waals surface area contributed by atoms with Crippen LogP contribution in [0.1, 0.15) is 44.2 Å². The first-order chi connectivity index (χ1) is 16.0. The molecule has 0 spiro atoms. The highest BCUT2D eigenvalue weighted by Crippen LogP contribution is 2.20. The van der Waals surface area contributed by atoms with Gasteiger partial charge in [0.1, 0.15) is 11.9 Å². The van der Waals surface area contributed by atoms with E-state index in [0.717, 1.165) is 18.2 Å². The van der Waals surface area contributed by atoms with Crippen LogP contribution in [0.15, 0.2) is 48.5 Å². The van der Waals surface area contributed by atoms with Crippen LogP contribution in [0.5, 0.6) is 0 Å². The van der Waals surface area contributed by atoms with E-state index in [1.807, 2.05) is 26.0 Å². The Labute approximate surface area is 202 Å². The maximum absolute atomic E-state index is 14.3. The zero-order valence-corrected chi connectivity index (χ0v) is 21.1. The van der Waals surface area contributed by atoms with Crippen LogP contribution in [-0.2, 0) is 26.2 Å². The molecule has 34 heavy (non-hydrogen) atoms. The molecule has 186 valence electrons. The SMILES string of the molecule is CCCNC(=O)[C@@H](C)N(Cc1ccccc1F)C(=O)CCCN(c1ccc(C)cc1)S(C)(=O)=O. The second-order valence-corrected chi connectivity index (χ2v) is 10.3. The summed E-state index contributed by atoms with van der Waals surface area (Å²) in [5.41, 5.74) is 1.84. The predicted octanol–water partition coefficient (Wildman–Crippen LogP) is 3.62. The first-order valence-corrected chi connectivity index (χ1v) is 13.2. The Balaban J connectivity index is 2.15. The summed E-state index contributed by atoms with van der Waals surface area (Å²) in [5.74, 6) is -1.12. The average Bonchev–Trinajstić information content (AvgIpc) is 2.79. The lowest BCUT2D eigenvalue weighted by molar-refractivity contribution is -0.140. The number of sulfonamides is 1. The number of aryl methyl sites for hydroxylation is 1. The van der Waals surface area contributed by atoms with Gasteiger partial charge in [0, 0.05) is 31.6 Å². The van der Waals surface area contributed by atoms with Gasteiger partial charge in [0.15, 0.2) is 0 Å². The van der Waals surface area contributed by atoms with Gasteiger partial charge in [0.25, 0.3) is 0 Å². The Bertz CT molecular complexity index is 1070. The lowest BCUT2D eigenvalue weighted by Crippen LogP contribution is -2.48. The molecule has 0 bridgehead atoms. The topological polar surface area (TPSA) is 86.8 Å². The normalized spacial score (nSPS) is 12.1. The maximum atomic E-state index is 14.3. The fourth-order valence-corrected chi connectivity index (χ4v) is 4.47.